The summed E-state index contributed by atoms with van der Waals surface area (Å²) in [6.07, 6.45) is 5.21. The number of aliphatic carboxylic acids is 1. The Labute approximate surface area is 114 Å². The van der Waals surface area contributed by atoms with Crippen LogP contribution in [-0.2, 0) is 9.59 Å². The van der Waals surface area contributed by atoms with Gasteiger partial charge in [-0.25, -0.2) is 0 Å². The molecular formula is C14H24N2O3. The van der Waals surface area contributed by atoms with Crippen molar-refractivity contribution < 1.29 is 14.7 Å². The van der Waals surface area contributed by atoms with E-state index in [4.69, 9.17) is 5.11 Å². The van der Waals surface area contributed by atoms with Gasteiger partial charge in [0.25, 0.3) is 0 Å². The highest BCUT2D eigenvalue weighted by Crippen LogP contribution is 2.34. The number of hydrogen-bond acceptors (Lipinski definition) is 3. The van der Waals surface area contributed by atoms with Crippen LogP contribution in [0.2, 0.25) is 0 Å². The van der Waals surface area contributed by atoms with Gasteiger partial charge in [0, 0.05) is 6.04 Å². The Morgan fingerprint density at radius 3 is 2.68 bits per heavy atom. The van der Waals surface area contributed by atoms with Crippen molar-refractivity contribution in [3.63, 3.8) is 0 Å². The number of rotatable bonds is 6. The van der Waals surface area contributed by atoms with Crippen molar-refractivity contribution in [2.45, 2.75) is 57.5 Å². The molecule has 1 aliphatic carbocycles. The van der Waals surface area contributed by atoms with Crippen LogP contribution >= 0.6 is 0 Å². The predicted molar refractivity (Wildman–Crippen MR) is 71.7 cm³/mol. The Morgan fingerprint density at radius 2 is 2.11 bits per heavy atom. The molecule has 0 bridgehead atoms. The van der Waals surface area contributed by atoms with E-state index in [2.05, 4.69) is 17.6 Å². The number of carboxylic acid groups (broad SMARTS) is 1. The minimum absolute atomic E-state index is 0.0173. The van der Waals surface area contributed by atoms with Crippen molar-refractivity contribution in [2.24, 2.45) is 11.8 Å². The third kappa shape index (κ3) is 4.20. The van der Waals surface area contributed by atoms with Gasteiger partial charge in [0.15, 0.2) is 0 Å². The number of hydrogen-bond donors (Lipinski definition) is 3. The molecule has 0 aromatic carbocycles. The molecule has 2 aliphatic rings. The highest BCUT2D eigenvalue weighted by atomic mass is 16.4. The van der Waals surface area contributed by atoms with Gasteiger partial charge in [0.2, 0.25) is 5.91 Å². The van der Waals surface area contributed by atoms with Crippen molar-refractivity contribution in [1.29, 1.82) is 0 Å². The van der Waals surface area contributed by atoms with Crippen LogP contribution in [0.5, 0.6) is 0 Å². The number of piperidine rings is 1. The SMILES string of the molecule is CCC1CCNC(C(=O)NC(CC(=O)O)C2CC2)C1. The highest BCUT2D eigenvalue weighted by molar-refractivity contribution is 5.82. The molecule has 1 aliphatic heterocycles. The fourth-order valence-corrected chi connectivity index (χ4v) is 2.87. The fourth-order valence-electron chi connectivity index (χ4n) is 2.87. The van der Waals surface area contributed by atoms with Gasteiger partial charge in [-0.3, -0.25) is 9.59 Å². The van der Waals surface area contributed by atoms with Crippen molar-refractivity contribution in [2.75, 3.05) is 6.54 Å². The third-order valence-corrected chi connectivity index (χ3v) is 4.32. The summed E-state index contributed by atoms with van der Waals surface area (Å²) >= 11 is 0. The second kappa shape index (κ2) is 6.37. The van der Waals surface area contributed by atoms with Gasteiger partial charge in [-0.15, -0.1) is 0 Å². The molecule has 2 fully saturated rings. The van der Waals surface area contributed by atoms with Crippen LogP contribution in [0.15, 0.2) is 0 Å². The summed E-state index contributed by atoms with van der Waals surface area (Å²) in [6.45, 7) is 3.03. The van der Waals surface area contributed by atoms with E-state index in [-0.39, 0.29) is 24.4 Å². The quantitative estimate of drug-likeness (QED) is 0.675. The van der Waals surface area contributed by atoms with Crippen molar-refractivity contribution >= 4 is 11.9 Å². The molecule has 5 nitrogen and oxygen atoms in total. The van der Waals surface area contributed by atoms with Gasteiger partial charge >= 0.3 is 5.97 Å². The van der Waals surface area contributed by atoms with E-state index in [0.717, 1.165) is 38.6 Å². The van der Waals surface area contributed by atoms with Crippen LogP contribution in [0, 0.1) is 11.8 Å². The van der Waals surface area contributed by atoms with Crippen LogP contribution in [0.1, 0.15) is 45.4 Å². The van der Waals surface area contributed by atoms with Crippen LogP contribution < -0.4 is 10.6 Å². The molecule has 3 atom stereocenters. The standard InChI is InChI=1S/C14H24N2O3/c1-2-9-5-6-15-12(7-9)14(19)16-11(8-13(17)18)10-3-4-10/h9-12,15H,2-8H2,1H3,(H,16,19)(H,17,18). The summed E-state index contributed by atoms with van der Waals surface area (Å²) in [7, 11) is 0. The average Bonchev–Trinajstić information content (AvgIpc) is 3.21. The lowest BCUT2D eigenvalue weighted by Crippen LogP contribution is -2.52. The second-order valence-electron chi connectivity index (χ2n) is 5.86. The lowest BCUT2D eigenvalue weighted by atomic mass is 9.90. The summed E-state index contributed by atoms with van der Waals surface area (Å²) < 4.78 is 0. The smallest absolute Gasteiger partial charge is 0.305 e. The number of carbonyl (C=O) groups is 2. The molecule has 1 saturated carbocycles. The van der Waals surface area contributed by atoms with Crippen LogP contribution in [-0.4, -0.2) is 35.6 Å². The maximum Gasteiger partial charge on any atom is 0.305 e. The van der Waals surface area contributed by atoms with Gasteiger partial charge in [0.1, 0.15) is 0 Å². The molecule has 3 N–H and O–H groups in total. The summed E-state index contributed by atoms with van der Waals surface area (Å²) in [5.41, 5.74) is 0. The first-order valence-corrected chi connectivity index (χ1v) is 7.35. The molecular weight excluding hydrogens is 244 g/mol. The van der Waals surface area contributed by atoms with Gasteiger partial charge in [-0.05, 0) is 44.1 Å². The van der Waals surface area contributed by atoms with E-state index in [1.165, 1.54) is 0 Å². The second-order valence-corrected chi connectivity index (χ2v) is 5.86. The zero-order valence-corrected chi connectivity index (χ0v) is 11.5. The molecule has 0 spiro atoms. The topological polar surface area (TPSA) is 78.4 Å². The van der Waals surface area contributed by atoms with E-state index in [0.29, 0.717) is 11.8 Å². The molecule has 3 unspecified atom stereocenters. The molecule has 19 heavy (non-hydrogen) atoms. The Kier molecular flexibility index (Phi) is 4.80. The zero-order valence-electron chi connectivity index (χ0n) is 11.5. The molecule has 0 radical (unpaired) electrons. The predicted octanol–water partition coefficient (Wildman–Crippen LogP) is 1.13. The number of carboxylic acids is 1. The molecule has 1 heterocycles. The lowest BCUT2D eigenvalue weighted by molar-refractivity contribution is -0.138. The lowest BCUT2D eigenvalue weighted by Gasteiger charge is -2.30. The van der Waals surface area contributed by atoms with Crippen molar-refractivity contribution in [3.05, 3.63) is 0 Å². The Hall–Kier alpha value is -1.10. The van der Waals surface area contributed by atoms with Gasteiger partial charge in [-0.2, -0.15) is 0 Å². The Morgan fingerprint density at radius 1 is 1.37 bits per heavy atom. The molecule has 2 rings (SSSR count). The Balaban J connectivity index is 1.85. The first kappa shape index (κ1) is 14.3. The van der Waals surface area contributed by atoms with E-state index in [1.807, 2.05) is 0 Å². The minimum atomic E-state index is -0.833. The van der Waals surface area contributed by atoms with Gasteiger partial charge < -0.3 is 15.7 Å². The monoisotopic (exact) mass is 268 g/mol. The normalized spacial score (nSPS) is 28.7. The third-order valence-electron chi connectivity index (χ3n) is 4.32. The van der Waals surface area contributed by atoms with Gasteiger partial charge in [0.05, 0.1) is 12.5 Å². The van der Waals surface area contributed by atoms with E-state index in [1.54, 1.807) is 0 Å². The number of nitrogens with one attached hydrogen (secondary N) is 2. The maximum atomic E-state index is 12.2. The molecule has 5 heteroatoms. The summed E-state index contributed by atoms with van der Waals surface area (Å²) in [6, 6.07) is -0.331. The first-order chi connectivity index (χ1) is 9.10. The number of amides is 1. The average molecular weight is 268 g/mol. The van der Waals surface area contributed by atoms with Crippen LogP contribution in [0.4, 0.5) is 0 Å². The summed E-state index contributed by atoms with van der Waals surface area (Å²) in [4.78, 5) is 23.0. The molecule has 0 aromatic heterocycles. The van der Waals surface area contributed by atoms with Gasteiger partial charge in [-0.1, -0.05) is 13.3 Å². The number of carbonyl (C=O) groups excluding carboxylic acids is 1. The van der Waals surface area contributed by atoms with E-state index >= 15 is 0 Å². The zero-order chi connectivity index (χ0) is 13.8. The maximum absolute atomic E-state index is 12.2. The molecule has 108 valence electrons. The Bertz CT molecular complexity index is 342. The van der Waals surface area contributed by atoms with Crippen molar-refractivity contribution in [1.82, 2.24) is 10.6 Å². The molecule has 1 amide bonds. The van der Waals surface area contributed by atoms with Crippen molar-refractivity contribution in [3.8, 4) is 0 Å². The van der Waals surface area contributed by atoms with Crippen LogP contribution in [0.3, 0.4) is 0 Å². The molecule has 1 saturated heterocycles. The van der Waals surface area contributed by atoms with Crippen LogP contribution in [0.25, 0.3) is 0 Å². The van der Waals surface area contributed by atoms with E-state index in [9.17, 15) is 9.59 Å². The fraction of sp³-hybridized carbons (Fsp3) is 0.857. The summed E-state index contributed by atoms with van der Waals surface area (Å²) in [5.74, 6) is 0.123. The minimum Gasteiger partial charge on any atom is -0.481 e. The highest BCUT2D eigenvalue weighted by Gasteiger charge is 2.35. The molecule has 0 aromatic rings. The first-order valence-electron chi connectivity index (χ1n) is 7.35. The summed E-state index contributed by atoms with van der Waals surface area (Å²) in [5, 5.41) is 15.1. The largest absolute Gasteiger partial charge is 0.481 e. The van der Waals surface area contributed by atoms with E-state index < -0.39 is 5.97 Å².